The van der Waals surface area contributed by atoms with E-state index in [1.54, 1.807) is 0 Å². The minimum Gasteiger partial charge on any atom is -0.465 e. The highest BCUT2D eigenvalue weighted by Gasteiger charge is 2.44. The molecule has 6 atom stereocenters. The molecule has 14 heteroatoms. The Bertz CT molecular complexity index is 763. The van der Waals surface area contributed by atoms with Gasteiger partial charge in [0.1, 0.15) is 18.8 Å². The molecule has 1 rings (SSSR count). The molecular weight excluding hydrogens is 470 g/mol. The minimum absolute atomic E-state index is 0.0622. The second-order valence-electron chi connectivity index (χ2n) is 7.97. The lowest BCUT2D eigenvalue weighted by Gasteiger charge is -2.43. The van der Waals surface area contributed by atoms with Crippen molar-refractivity contribution < 1.29 is 38.1 Å². The number of thiol groups is 1. The van der Waals surface area contributed by atoms with Crippen LogP contribution in [0.4, 0.5) is 0 Å². The number of ether oxygens (including phenoxy) is 4. The van der Waals surface area contributed by atoms with Crippen molar-refractivity contribution in [2.75, 3.05) is 19.8 Å². The lowest BCUT2D eigenvalue weighted by Crippen LogP contribution is -2.56. The number of unbranched alkanes of at least 4 members (excludes halogenated alkanes) is 1. The topological polar surface area (TPSA) is 178 Å². The molecule has 4 unspecified atom stereocenters. The highest BCUT2D eigenvalue weighted by molar-refractivity contribution is 7.78. The van der Waals surface area contributed by atoms with Gasteiger partial charge in [-0.3, -0.25) is 19.2 Å². The maximum atomic E-state index is 12.5. The fourth-order valence-corrected chi connectivity index (χ4v) is 3.48. The van der Waals surface area contributed by atoms with Crippen molar-refractivity contribution in [3.05, 3.63) is 10.4 Å². The van der Waals surface area contributed by atoms with Crippen LogP contribution in [-0.4, -0.2) is 68.1 Å². The van der Waals surface area contributed by atoms with Crippen LogP contribution >= 0.6 is 12.8 Å². The molecule has 192 valence electrons. The van der Waals surface area contributed by atoms with Crippen molar-refractivity contribution in [2.45, 2.75) is 71.5 Å². The average molecular weight is 504 g/mol. The first kappa shape index (κ1) is 29.5. The van der Waals surface area contributed by atoms with Crippen molar-refractivity contribution in [2.24, 2.45) is 17.0 Å². The van der Waals surface area contributed by atoms with E-state index in [1.165, 1.54) is 13.8 Å². The van der Waals surface area contributed by atoms with Gasteiger partial charge in [-0.1, -0.05) is 31.8 Å². The van der Waals surface area contributed by atoms with Crippen molar-refractivity contribution in [3.63, 3.8) is 0 Å². The van der Waals surface area contributed by atoms with Gasteiger partial charge in [0.2, 0.25) is 11.8 Å². The summed E-state index contributed by atoms with van der Waals surface area (Å²) in [4.78, 5) is 49.0. The summed E-state index contributed by atoms with van der Waals surface area (Å²) in [6.45, 7) is 6.14. The number of rotatable bonds is 13. The smallest absolute Gasteiger partial charge is 0.303 e. The largest absolute Gasteiger partial charge is 0.465 e. The van der Waals surface area contributed by atoms with E-state index < -0.39 is 49.0 Å². The van der Waals surface area contributed by atoms with Crippen LogP contribution in [0.15, 0.2) is 5.11 Å². The molecular formula is C20H33N5O8S. The summed E-state index contributed by atoms with van der Waals surface area (Å²) >= 11 is 3.70. The summed E-state index contributed by atoms with van der Waals surface area (Å²) in [5, 5.41) is 5.95. The fourth-order valence-electron chi connectivity index (χ4n) is 3.37. The van der Waals surface area contributed by atoms with Gasteiger partial charge in [-0.15, -0.1) is 0 Å². The highest BCUT2D eigenvalue weighted by Crippen LogP contribution is 2.33. The molecule has 0 spiro atoms. The summed E-state index contributed by atoms with van der Waals surface area (Å²) in [7, 11) is 0. The molecule has 0 bridgehead atoms. The Kier molecular flexibility index (Phi) is 13.3. The van der Waals surface area contributed by atoms with E-state index in [9.17, 15) is 19.2 Å². The third-order valence-electron chi connectivity index (χ3n) is 5.37. The van der Waals surface area contributed by atoms with E-state index in [2.05, 4.69) is 32.9 Å². The predicted octanol–water partition coefficient (Wildman–Crippen LogP) is 1.42. The number of nitrogens with zero attached hydrogens (tertiary/aromatic N) is 3. The van der Waals surface area contributed by atoms with Crippen molar-refractivity contribution in [1.82, 2.24) is 10.0 Å². The van der Waals surface area contributed by atoms with Gasteiger partial charge in [0.25, 0.3) is 0 Å². The lowest BCUT2D eigenvalue weighted by atomic mass is 9.84. The van der Waals surface area contributed by atoms with Crippen LogP contribution in [0.5, 0.6) is 0 Å². The minimum atomic E-state index is -1.26. The number of esters is 2. The summed E-state index contributed by atoms with van der Waals surface area (Å²) < 4.78 is 24.4. The van der Waals surface area contributed by atoms with Gasteiger partial charge in [0.15, 0.2) is 12.3 Å². The number of amides is 2. The van der Waals surface area contributed by atoms with Crippen LogP contribution in [0.2, 0.25) is 0 Å². The third kappa shape index (κ3) is 10.2. The number of carbonyl (C=O) groups excluding carboxylic acids is 4. The molecule has 1 aliphatic rings. The highest BCUT2D eigenvalue weighted by atomic mass is 32.1. The second-order valence-corrected chi connectivity index (χ2v) is 8.19. The van der Waals surface area contributed by atoms with E-state index in [1.807, 2.05) is 13.8 Å². The van der Waals surface area contributed by atoms with Crippen LogP contribution in [0.3, 0.4) is 0 Å². The SMILES string of the molecule is CC(=O)OCC(N=[N+]=[N-])C(=O)NCC1OC(OCCCCC(=O)NS)C(C)[C@@H](C)[C@H]1OC(C)=O. The molecule has 2 N–H and O–H groups in total. The molecule has 0 saturated carbocycles. The number of nitrogens with one attached hydrogen (secondary N) is 2. The van der Waals surface area contributed by atoms with E-state index in [0.29, 0.717) is 25.9 Å². The van der Waals surface area contributed by atoms with Gasteiger partial charge >= 0.3 is 11.9 Å². The Hall–Kier alpha value is -2.54. The molecule has 0 radical (unpaired) electrons. The van der Waals surface area contributed by atoms with Gasteiger partial charge in [0, 0.05) is 50.2 Å². The first-order chi connectivity index (χ1) is 16.1. The summed E-state index contributed by atoms with van der Waals surface area (Å²) in [5.41, 5.74) is 8.69. The Balaban J connectivity index is 2.78. The number of hydrogen-bond acceptors (Lipinski definition) is 10. The molecule has 0 aromatic rings. The van der Waals surface area contributed by atoms with Crippen LogP contribution in [0.25, 0.3) is 10.4 Å². The summed E-state index contributed by atoms with van der Waals surface area (Å²) in [6.07, 6.45) is -0.454. The van der Waals surface area contributed by atoms with Crippen LogP contribution in [0, 0.1) is 11.8 Å². The Labute approximate surface area is 203 Å². The van der Waals surface area contributed by atoms with E-state index in [4.69, 9.17) is 24.5 Å². The molecule has 0 aromatic heterocycles. The van der Waals surface area contributed by atoms with Crippen LogP contribution in [-0.2, 0) is 38.1 Å². The number of hydrogen-bond donors (Lipinski definition) is 3. The van der Waals surface area contributed by atoms with E-state index in [-0.39, 0.29) is 24.3 Å². The van der Waals surface area contributed by atoms with Crippen LogP contribution in [0.1, 0.15) is 47.0 Å². The summed E-state index contributed by atoms with van der Waals surface area (Å²) in [6, 6.07) is -1.26. The van der Waals surface area contributed by atoms with E-state index in [0.717, 1.165) is 0 Å². The first-order valence-electron chi connectivity index (χ1n) is 10.9. The molecule has 2 amide bonds. The molecule has 34 heavy (non-hydrogen) atoms. The Morgan fingerprint density at radius 3 is 2.44 bits per heavy atom. The normalized spacial score (nSPS) is 24.8. The van der Waals surface area contributed by atoms with Gasteiger partial charge in [-0.2, -0.15) is 0 Å². The molecule has 0 aromatic carbocycles. The van der Waals surface area contributed by atoms with E-state index >= 15 is 0 Å². The molecule has 1 fully saturated rings. The second kappa shape index (κ2) is 15.4. The van der Waals surface area contributed by atoms with Gasteiger partial charge < -0.3 is 29.0 Å². The third-order valence-corrected chi connectivity index (χ3v) is 5.62. The zero-order valence-electron chi connectivity index (χ0n) is 19.8. The van der Waals surface area contributed by atoms with Gasteiger partial charge in [0.05, 0.1) is 0 Å². The maximum absolute atomic E-state index is 12.5. The number of carbonyl (C=O) groups is 4. The Morgan fingerprint density at radius 2 is 1.85 bits per heavy atom. The van der Waals surface area contributed by atoms with Gasteiger partial charge in [-0.25, -0.2) is 0 Å². The quantitative estimate of drug-likeness (QED) is 0.0843. The monoisotopic (exact) mass is 503 g/mol. The fraction of sp³-hybridized carbons (Fsp3) is 0.800. The first-order valence-corrected chi connectivity index (χ1v) is 11.4. The summed E-state index contributed by atoms with van der Waals surface area (Å²) in [5.74, 6) is -2.24. The standard InChI is InChI=1S/C20H33N5O8S/c1-11-12(2)20(30-8-6-5-7-17(28)24-34)33-16(18(11)32-14(4)27)9-22-19(29)15(23-25-21)10-31-13(3)26/h11-12,15-16,18,20,34H,5-10H2,1-4H3,(H,22,29)(H,24,28)/t11-,12?,15?,16?,18-,20?/m1/s1. The lowest BCUT2D eigenvalue weighted by molar-refractivity contribution is -0.265. The zero-order valence-corrected chi connectivity index (χ0v) is 20.7. The predicted molar refractivity (Wildman–Crippen MR) is 122 cm³/mol. The zero-order chi connectivity index (χ0) is 25.7. The molecule has 13 nitrogen and oxygen atoms in total. The molecule has 1 aliphatic heterocycles. The van der Waals surface area contributed by atoms with Gasteiger partial charge in [-0.05, 0) is 18.4 Å². The average Bonchev–Trinajstić information content (AvgIpc) is 2.79. The maximum Gasteiger partial charge on any atom is 0.303 e. The van der Waals surface area contributed by atoms with Crippen molar-refractivity contribution in [3.8, 4) is 0 Å². The molecule has 1 saturated heterocycles. The number of azide groups is 1. The van der Waals surface area contributed by atoms with Crippen LogP contribution < -0.4 is 10.0 Å². The van der Waals surface area contributed by atoms with Crippen molar-refractivity contribution >= 4 is 36.6 Å². The molecule has 0 aliphatic carbocycles. The Morgan fingerprint density at radius 1 is 1.15 bits per heavy atom. The molecule has 1 heterocycles. The van der Waals surface area contributed by atoms with Crippen molar-refractivity contribution in [1.29, 1.82) is 0 Å².